The van der Waals surface area contributed by atoms with Gasteiger partial charge in [0, 0.05) is 6.42 Å². The lowest BCUT2D eigenvalue weighted by molar-refractivity contribution is -0.122. The van der Waals surface area contributed by atoms with Gasteiger partial charge in [-0.1, -0.05) is 215 Å². The van der Waals surface area contributed by atoms with Gasteiger partial charge in [-0.05, 0) is 70.6 Å². The molecule has 0 aromatic heterocycles. The van der Waals surface area contributed by atoms with Crippen molar-refractivity contribution >= 4 is 16.0 Å². The summed E-state index contributed by atoms with van der Waals surface area (Å²) >= 11 is 0. The van der Waals surface area contributed by atoms with Crippen LogP contribution in [0.1, 0.15) is 219 Å². The minimum atomic E-state index is -4.36. The lowest BCUT2D eigenvalue weighted by atomic mass is 10.0. The van der Waals surface area contributed by atoms with Crippen molar-refractivity contribution in [2.75, 3.05) is 5.75 Å². The Morgan fingerprint density at radius 3 is 1.32 bits per heavy atom. The molecule has 0 saturated carbocycles. The van der Waals surface area contributed by atoms with Crippen LogP contribution in [0, 0.1) is 0 Å². The first-order valence-corrected chi connectivity index (χ1v) is 25.2. The van der Waals surface area contributed by atoms with Gasteiger partial charge in [0.1, 0.15) is 0 Å². The Bertz CT molecular complexity index is 1170. The summed E-state index contributed by atoms with van der Waals surface area (Å²) in [5.41, 5.74) is 0. The van der Waals surface area contributed by atoms with Gasteiger partial charge in [-0.2, -0.15) is 8.42 Å². The number of amides is 1. The van der Waals surface area contributed by atoms with Gasteiger partial charge in [-0.25, -0.2) is 0 Å². The molecule has 1 amide bonds. The van der Waals surface area contributed by atoms with Crippen LogP contribution in [0.5, 0.6) is 0 Å². The Kier molecular flexibility index (Phi) is 41.7. The van der Waals surface area contributed by atoms with Crippen LogP contribution >= 0.6 is 0 Å². The molecule has 0 fully saturated rings. The highest BCUT2D eigenvalue weighted by Crippen LogP contribution is 2.15. The Hall–Kier alpha value is -2.22. The number of hydrogen-bond donors (Lipinski definition) is 3. The van der Waals surface area contributed by atoms with E-state index in [-0.39, 0.29) is 12.3 Å². The van der Waals surface area contributed by atoms with Gasteiger partial charge in [0.2, 0.25) is 5.91 Å². The second-order valence-corrected chi connectivity index (χ2v) is 17.5. The summed E-state index contributed by atoms with van der Waals surface area (Å²) < 4.78 is 32.6. The van der Waals surface area contributed by atoms with E-state index < -0.39 is 28.0 Å². The molecule has 0 aliphatic heterocycles. The zero-order chi connectivity index (χ0) is 41.8. The van der Waals surface area contributed by atoms with Crippen molar-refractivity contribution in [2.24, 2.45) is 0 Å². The molecule has 0 spiro atoms. The number of nitrogens with one attached hydrogen (secondary N) is 1. The molecule has 0 aliphatic carbocycles. The zero-order valence-electron chi connectivity index (χ0n) is 36.9. The monoisotopic (exact) mass is 816 g/mol. The maximum atomic E-state index is 12.6. The number of carbonyl (C=O) groups is 1. The van der Waals surface area contributed by atoms with E-state index in [1.807, 2.05) is 6.08 Å². The van der Waals surface area contributed by atoms with Crippen molar-refractivity contribution in [1.29, 1.82) is 0 Å². The third-order valence-corrected chi connectivity index (χ3v) is 11.1. The Labute approximate surface area is 353 Å². The summed E-state index contributed by atoms with van der Waals surface area (Å²) in [5, 5.41) is 13.3. The largest absolute Gasteiger partial charge is 0.387 e. The van der Waals surface area contributed by atoms with Crippen molar-refractivity contribution < 1.29 is 22.9 Å². The number of carbonyl (C=O) groups excluding carboxylic acids is 1. The second-order valence-electron chi connectivity index (χ2n) is 16.0. The molecule has 0 heterocycles. The van der Waals surface area contributed by atoms with Crippen molar-refractivity contribution in [1.82, 2.24) is 5.32 Å². The third-order valence-electron chi connectivity index (χ3n) is 10.4. The van der Waals surface area contributed by atoms with Crippen LogP contribution in [0.25, 0.3) is 0 Å². The molecule has 7 heteroatoms. The van der Waals surface area contributed by atoms with Crippen LogP contribution in [0.4, 0.5) is 0 Å². The maximum Gasteiger partial charge on any atom is 0.267 e. The van der Waals surface area contributed by atoms with Crippen molar-refractivity contribution in [3.05, 3.63) is 72.9 Å². The topological polar surface area (TPSA) is 104 Å². The predicted octanol–water partition coefficient (Wildman–Crippen LogP) is 14.6. The molecule has 6 nitrogen and oxygen atoms in total. The third kappa shape index (κ3) is 44.7. The lowest BCUT2D eigenvalue weighted by Crippen LogP contribution is -2.46. The molecule has 57 heavy (non-hydrogen) atoms. The molecule has 0 rings (SSSR count). The fourth-order valence-electron chi connectivity index (χ4n) is 6.87. The van der Waals surface area contributed by atoms with Gasteiger partial charge in [0.05, 0.1) is 17.9 Å². The quantitative estimate of drug-likeness (QED) is 0.0323. The standard InChI is InChI=1S/C50H89NO5S/c1-3-5-7-9-11-13-15-17-19-21-23-24-25-26-28-30-32-34-36-38-40-42-44-46-50(53)51-48(47-57(54,55)56)49(52)45-43-41-39-37-35-33-31-29-27-22-20-18-16-14-12-10-8-6-4-2/h5,7,11,13,17,19,23-24,35,37,43,45,48-49,52H,3-4,6,8-10,12,14-16,18,20-22,25-34,36,38-42,44,46-47H2,1-2H3,(H,51,53)(H,54,55,56)/b7-5-,13-11-,19-17-,24-23-,37-35+,45-43+. The molecule has 2 unspecified atom stereocenters. The first-order chi connectivity index (χ1) is 27.8. The van der Waals surface area contributed by atoms with Crippen molar-refractivity contribution in [2.45, 2.75) is 231 Å². The highest BCUT2D eigenvalue weighted by molar-refractivity contribution is 7.85. The molecular weight excluding hydrogens is 727 g/mol. The summed E-state index contributed by atoms with van der Waals surface area (Å²) in [5.74, 6) is -1.01. The van der Waals surface area contributed by atoms with Gasteiger partial charge >= 0.3 is 0 Å². The van der Waals surface area contributed by atoms with Crippen molar-refractivity contribution in [3.63, 3.8) is 0 Å². The molecule has 330 valence electrons. The SMILES string of the molecule is CC/C=C\C/C=C\C/C=C\C/C=C\CCCCCCCCCCCCC(=O)NC(CS(=O)(=O)O)C(O)/C=C/CC/C=C/CCCCCCCCCCCCCCC. The second kappa shape index (κ2) is 43.4. The fourth-order valence-corrected chi connectivity index (χ4v) is 7.60. The fraction of sp³-hybridized carbons (Fsp3) is 0.740. The van der Waals surface area contributed by atoms with Crippen LogP contribution in [0.3, 0.4) is 0 Å². The average molecular weight is 816 g/mol. The number of aliphatic hydroxyl groups excluding tert-OH is 1. The van der Waals surface area contributed by atoms with E-state index in [1.165, 1.54) is 128 Å². The van der Waals surface area contributed by atoms with Gasteiger partial charge in [0.25, 0.3) is 10.1 Å². The highest BCUT2D eigenvalue weighted by Gasteiger charge is 2.24. The molecule has 0 aliphatic rings. The number of hydrogen-bond acceptors (Lipinski definition) is 4. The van der Waals surface area contributed by atoms with E-state index in [2.05, 4.69) is 79.9 Å². The van der Waals surface area contributed by atoms with Crippen LogP contribution in [0.15, 0.2) is 72.9 Å². The normalized spacial score (nSPS) is 13.8. The molecule has 0 radical (unpaired) electrons. The summed E-state index contributed by atoms with van der Waals surface area (Å²) in [6, 6.07) is -1.08. The zero-order valence-corrected chi connectivity index (χ0v) is 37.8. The predicted molar refractivity (Wildman–Crippen MR) is 248 cm³/mol. The first-order valence-electron chi connectivity index (χ1n) is 23.6. The summed E-state index contributed by atoms with van der Waals surface area (Å²) in [6.45, 7) is 4.43. The molecule has 0 aromatic carbocycles. The Balaban J connectivity index is 3.90. The number of aliphatic hydroxyl groups is 1. The molecule has 0 bridgehead atoms. The van der Waals surface area contributed by atoms with E-state index in [4.69, 9.17) is 0 Å². The summed E-state index contributed by atoms with van der Waals surface area (Å²) in [6.07, 6.45) is 61.8. The van der Waals surface area contributed by atoms with E-state index in [9.17, 15) is 22.9 Å². The Morgan fingerprint density at radius 2 is 0.860 bits per heavy atom. The summed E-state index contributed by atoms with van der Waals surface area (Å²) in [7, 11) is -4.36. The van der Waals surface area contributed by atoms with E-state index in [1.54, 1.807) is 0 Å². The van der Waals surface area contributed by atoms with Crippen LogP contribution < -0.4 is 5.32 Å². The molecular formula is C50H89NO5S. The highest BCUT2D eigenvalue weighted by atomic mass is 32.2. The van der Waals surface area contributed by atoms with Crippen LogP contribution in [-0.2, 0) is 14.9 Å². The molecule has 3 N–H and O–H groups in total. The molecule has 0 saturated heterocycles. The first kappa shape index (κ1) is 54.8. The summed E-state index contributed by atoms with van der Waals surface area (Å²) in [4.78, 5) is 12.6. The van der Waals surface area contributed by atoms with Gasteiger partial charge in [-0.3, -0.25) is 9.35 Å². The number of unbranched alkanes of at least 4 members (excludes halogenated alkanes) is 24. The number of rotatable bonds is 42. The minimum absolute atomic E-state index is 0.280. The average Bonchev–Trinajstić information content (AvgIpc) is 3.18. The van der Waals surface area contributed by atoms with E-state index >= 15 is 0 Å². The van der Waals surface area contributed by atoms with Crippen molar-refractivity contribution in [3.8, 4) is 0 Å². The number of allylic oxidation sites excluding steroid dienone is 11. The molecule has 0 aromatic rings. The van der Waals surface area contributed by atoms with E-state index in [0.29, 0.717) is 6.42 Å². The van der Waals surface area contributed by atoms with Crippen LogP contribution in [0.2, 0.25) is 0 Å². The van der Waals surface area contributed by atoms with Gasteiger partial charge < -0.3 is 10.4 Å². The maximum absolute atomic E-state index is 12.6. The van der Waals surface area contributed by atoms with E-state index in [0.717, 1.165) is 70.6 Å². The van der Waals surface area contributed by atoms with Crippen LogP contribution in [-0.4, -0.2) is 41.9 Å². The molecule has 2 atom stereocenters. The van der Waals surface area contributed by atoms with Gasteiger partial charge in [-0.15, -0.1) is 0 Å². The minimum Gasteiger partial charge on any atom is -0.387 e. The smallest absolute Gasteiger partial charge is 0.267 e. The lowest BCUT2D eigenvalue weighted by Gasteiger charge is -2.21. The van der Waals surface area contributed by atoms with Gasteiger partial charge in [0.15, 0.2) is 0 Å². The Morgan fingerprint density at radius 1 is 0.491 bits per heavy atom.